The summed E-state index contributed by atoms with van der Waals surface area (Å²) in [5.41, 5.74) is -0.219. The van der Waals surface area contributed by atoms with Crippen LogP contribution in [0.15, 0.2) is 22.1 Å². The molecule has 0 bridgehead atoms. The zero-order valence-electron chi connectivity index (χ0n) is 10.6. The van der Waals surface area contributed by atoms with Crippen molar-refractivity contribution in [3.8, 4) is 11.9 Å². The molecule has 2 aromatic rings. The summed E-state index contributed by atoms with van der Waals surface area (Å²) in [5, 5.41) is 7.28. The Balaban J connectivity index is 2.31. The van der Waals surface area contributed by atoms with Gasteiger partial charge in [-0.05, 0) is 6.26 Å². The first-order valence-corrected chi connectivity index (χ1v) is 6.55. The molecule has 0 radical (unpaired) electrons. The van der Waals surface area contributed by atoms with Crippen molar-refractivity contribution in [2.24, 2.45) is 7.05 Å². The molecule has 100 valence electrons. The molecule has 0 aliphatic heterocycles. The molecule has 0 aliphatic carbocycles. The fraction of sp³-hybridized carbons (Fsp3) is 0.300. The van der Waals surface area contributed by atoms with Crippen molar-refractivity contribution in [2.45, 2.75) is 5.16 Å². The lowest BCUT2D eigenvalue weighted by Crippen LogP contribution is -2.18. The van der Waals surface area contributed by atoms with Crippen LogP contribution in [0.1, 0.15) is 0 Å². The predicted octanol–water partition coefficient (Wildman–Crippen LogP) is 0.521. The average Bonchev–Trinajstić information content (AvgIpc) is 2.42. The molecular formula is C10H12N6O2S. The van der Waals surface area contributed by atoms with Crippen LogP contribution in [0.25, 0.3) is 0 Å². The summed E-state index contributed by atoms with van der Waals surface area (Å²) in [7, 11) is 3.24. The second-order valence-corrected chi connectivity index (χ2v) is 4.19. The number of ether oxygens (including phenoxy) is 1. The third-order valence-electron chi connectivity index (χ3n) is 2.13. The molecule has 8 nitrogen and oxygen atoms in total. The molecule has 19 heavy (non-hydrogen) atoms. The Morgan fingerprint density at radius 1 is 1.32 bits per heavy atom. The van der Waals surface area contributed by atoms with Crippen molar-refractivity contribution in [1.82, 2.24) is 24.7 Å². The molecule has 0 aromatic carbocycles. The molecule has 0 amide bonds. The summed E-state index contributed by atoms with van der Waals surface area (Å²) in [4.78, 5) is 23.5. The van der Waals surface area contributed by atoms with Crippen LogP contribution in [0.5, 0.6) is 11.9 Å². The molecule has 0 saturated carbocycles. The monoisotopic (exact) mass is 280 g/mol. The second kappa shape index (κ2) is 5.65. The quantitative estimate of drug-likeness (QED) is 0.810. The summed E-state index contributed by atoms with van der Waals surface area (Å²) >= 11 is 1.37. The highest BCUT2D eigenvalue weighted by Crippen LogP contribution is 2.18. The highest BCUT2D eigenvalue weighted by atomic mass is 32.2. The normalized spacial score (nSPS) is 10.3. The second-order valence-electron chi connectivity index (χ2n) is 3.41. The lowest BCUT2D eigenvalue weighted by Gasteiger charge is -2.06. The van der Waals surface area contributed by atoms with Gasteiger partial charge in [0.25, 0.3) is 5.56 Å². The van der Waals surface area contributed by atoms with Gasteiger partial charge in [0.2, 0.25) is 11.8 Å². The Morgan fingerprint density at radius 2 is 2.11 bits per heavy atom. The van der Waals surface area contributed by atoms with Crippen molar-refractivity contribution in [3.05, 3.63) is 22.5 Å². The van der Waals surface area contributed by atoms with E-state index >= 15 is 0 Å². The lowest BCUT2D eigenvalue weighted by atomic mass is 10.5. The van der Waals surface area contributed by atoms with E-state index in [-0.39, 0.29) is 17.4 Å². The molecule has 2 heterocycles. The number of nitrogens with zero attached hydrogens (tertiary/aromatic N) is 5. The van der Waals surface area contributed by atoms with Crippen LogP contribution in [-0.4, -0.2) is 38.0 Å². The maximum Gasteiger partial charge on any atom is 0.329 e. The van der Waals surface area contributed by atoms with Crippen molar-refractivity contribution in [2.75, 3.05) is 18.6 Å². The molecule has 0 unspecified atom stereocenters. The van der Waals surface area contributed by atoms with E-state index in [0.29, 0.717) is 11.1 Å². The number of hydrogen-bond donors (Lipinski definition) is 1. The Kier molecular flexibility index (Phi) is 3.95. The summed E-state index contributed by atoms with van der Waals surface area (Å²) in [6, 6.07) is 2.94. The molecule has 2 rings (SSSR count). The molecule has 0 atom stereocenters. The number of anilines is 1. The van der Waals surface area contributed by atoms with Crippen LogP contribution < -0.4 is 15.6 Å². The van der Waals surface area contributed by atoms with Crippen LogP contribution in [0.3, 0.4) is 0 Å². The average molecular weight is 280 g/mol. The predicted molar refractivity (Wildman–Crippen MR) is 70.7 cm³/mol. The molecule has 9 heteroatoms. The van der Waals surface area contributed by atoms with E-state index in [9.17, 15) is 4.79 Å². The van der Waals surface area contributed by atoms with E-state index in [2.05, 4.69) is 25.4 Å². The maximum absolute atomic E-state index is 11.2. The van der Waals surface area contributed by atoms with E-state index in [0.717, 1.165) is 0 Å². The third-order valence-corrected chi connectivity index (χ3v) is 2.68. The summed E-state index contributed by atoms with van der Waals surface area (Å²) < 4.78 is 6.58. The molecule has 1 N–H and O–H groups in total. The molecule has 2 aromatic heterocycles. The van der Waals surface area contributed by atoms with Gasteiger partial charge in [0.1, 0.15) is 0 Å². The minimum Gasteiger partial charge on any atom is -0.403 e. The molecule has 0 saturated heterocycles. The number of aryl methyl sites for hydroxylation is 1. The molecule has 0 fully saturated rings. The van der Waals surface area contributed by atoms with E-state index in [1.807, 2.05) is 6.26 Å². The van der Waals surface area contributed by atoms with Gasteiger partial charge in [-0.3, -0.25) is 4.79 Å². The van der Waals surface area contributed by atoms with Crippen molar-refractivity contribution in [1.29, 1.82) is 0 Å². The maximum atomic E-state index is 11.2. The van der Waals surface area contributed by atoms with Gasteiger partial charge in [0.15, 0.2) is 5.16 Å². The minimum atomic E-state index is -0.219. The fourth-order valence-corrected chi connectivity index (χ4v) is 1.56. The Labute approximate surface area is 113 Å². The lowest BCUT2D eigenvalue weighted by molar-refractivity contribution is 0.401. The van der Waals surface area contributed by atoms with Gasteiger partial charge in [-0.1, -0.05) is 11.8 Å². The highest BCUT2D eigenvalue weighted by Gasteiger charge is 2.08. The van der Waals surface area contributed by atoms with Crippen molar-refractivity contribution >= 4 is 17.7 Å². The van der Waals surface area contributed by atoms with Gasteiger partial charge in [0.05, 0.1) is 0 Å². The van der Waals surface area contributed by atoms with E-state index < -0.39 is 0 Å². The number of rotatable bonds is 4. The van der Waals surface area contributed by atoms with Crippen molar-refractivity contribution in [3.63, 3.8) is 0 Å². The Hall–Kier alpha value is -2.16. The van der Waals surface area contributed by atoms with Crippen LogP contribution in [0.4, 0.5) is 5.95 Å². The first kappa shape index (κ1) is 13.3. The van der Waals surface area contributed by atoms with E-state index in [1.54, 1.807) is 7.05 Å². The van der Waals surface area contributed by atoms with Gasteiger partial charge in [0, 0.05) is 26.2 Å². The van der Waals surface area contributed by atoms with Crippen LogP contribution >= 0.6 is 11.8 Å². The van der Waals surface area contributed by atoms with E-state index in [1.165, 1.54) is 35.6 Å². The van der Waals surface area contributed by atoms with Gasteiger partial charge in [-0.25, -0.2) is 4.68 Å². The Bertz CT molecular complexity index is 622. The van der Waals surface area contributed by atoms with Gasteiger partial charge < -0.3 is 10.1 Å². The third kappa shape index (κ3) is 3.19. The molecule has 0 spiro atoms. The SMILES string of the molecule is CNc1nc(Oc2ccc(=O)n(C)n2)nc(SC)n1. The molecular weight excluding hydrogens is 268 g/mol. The standard InChI is InChI=1S/C10H12N6O2S/c1-11-8-12-9(14-10(13-8)19-3)18-6-4-5-7(17)16(2)15-6/h4-5H,1-3H3,(H,11,12,13,14). The Morgan fingerprint density at radius 3 is 2.74 bits per heavy atom. The smallest absolute Gasteiger partial charge is 0.329 e. The van der Waals surface area contributed by atoms with Crippen LogP contribution in [-0.2, 0) is 7.05 Å². The zero-order chi connectivity index (χ0) is 13.8. The number of thioether (sulfide) groups is 1. The number of hydrogen-bond acceptors (Lipinski definition) is 8. The topological polar surface area (TPSA) is 94.8 Å². The van der Waals surface area contributed by atoms with Crippen LogP contribution in [0.2, 0.25) is 0 Å². The first-order chi connectivity index (χ1) is 9.12. The summed E-state index contributed by atoms with van der Waals surface area (Å²) in [5.74, 6) is 0.640. The number of aromatic nitrogens is 5. The summed E-state index contributed by atoms with van der Waals surface area (Å²) in [6.07, 6.45) is 1.85. The van der Waals surface area contributed by atoms with Gasteiger partial charge in [-0.2, -0.15) is 15.0 Å². The van der Waals surface area contributed by atoms with Crippen molar-refractivity contribution < 1.29 is 4.74 Å². The molecule has 0 aliphatic rings. The van der Waals surface area contributed by atoms with Gasteiger partial charge >= 0.3 is 6.01 Å². The highest BCUT2D eigenvalue weighted by molar-refractivity contribution is 7.98. The van der Waals surface area contributed by atoms with Gasteiger partial charge in [-0.15, -0.1) is 5.10 Å². The summed E-state index contributed by atoms with van der Waals surface area (Å²) in [6.45, 7) is 0. The largest absolute Gasteiger partial charge is 0.403 e. The van der Waals surface area contributed by atoms with Crippen LogP contribution in [0, 0.1) is 0 Å². The number of nitrogens with one attached hydrogen (secondary N) is 1. The first-order valence-electron chi connectivity index (χ1n) is 5.32. The van der Waals surface area contributed by atoms with E-state index in [4.69, 9.17) is 4.74 Å². The minimum absolute atomic E-state index is 0.120. The fourth-order valence-electron chi connectivity index (χ4n) is 1.22. The zero-order valence-corrected chi connectivity index (χ0v) is 11.4.